The summed E-state index contributed by atoms with van der Waals surface area (Å²) in [6, 6.07) is 15.0. The van der Waals surface area contributed by atoms with Gasteiger partial charge in [0.1, 0.15) is 0 Å². The molecule has 1 heterocycles. The highest BCUT2D eigenvalue weighted by molar-refractivity contribution is 5.83. The van der Waals surface area contributed by atoms with Crippen molar-refractivity contribution in [2.75, 3.05) is 6.54 Å². The molecule has 132 valence electrons. The van der Waals surface area contributed by atoms with E-state index >= 15 is 0 Å². The Morgan fingerprint density at radius 1 is 1.15 bits per heavy atom. The van der Waals surface area contributed by atoms with Gasteiger partial charge in [0, 0.05) is 37.3 Å². The van der Waals surface area contributed by atoms with Crippen LogP contribution < -0.4 is 10.6 Å². The van der Waals surface area contributed by atoms with E-state index in [1.165, 1.54) is 16.3 Å². The van der Waals surface area contributed by atoms with Crippen molar-refractivity contribution >= 4 is 16.8 Å². The van der Waals surface area contributed by atoms with E-state index in [1.54, 1.807) is 12.4 Å². The van der Waals surface area contributed by atoms with Crippen LogP contribution in [0.4, 0.5) is 4.79 Å². The Kier molecular flexibility index (Phi) is 4.52. The van der Waals surface area contributed by atoms with Crippen LogP contribution in [-0.4, -0.2) is 28.6 Å². The molecule has 1 aromatic heterocycles. The molecule has 4 rings (SSSR count). The molecule has 5 nitrogen and oxygen atoms in total. The van der Waals surface area contributed by atoms with Gasteiger partial charge in [-0.1, -0.05) is 42.5 Å². The zero-order valence-corrected chi connectivity index (χ0v) is 14.8. The maximum absolute atomic E-state index is 12.1. The number of nitrogens with zero attached hydrogens (tertiary/aromatic N) is 2. The Hall–Kier alpha value is -2.95. The topological polar surface area (TPSA) is 66.9 Å². The number of carbonyl (C=O) groups excluding carboxylic acids is 1. The van der Waals surface area contributed by atoms with Gasteiger partial charge in [-0.25, -0.2) is 4.79 Å². The third kappa shape index (κ3) is 3.82. The van der Waals surface area contributed by atoms with E-state index in [0.29, 0.717) is 18.9 Å². The summed E-state index contributed by atoms with van der Waals surface area (Å²) >= 11 is 0. The quantitative estimate of drug-likeness (QED) is 0.745. The van der Waals surface area contributed by atoms with E-state index in [0.717, 1.165) is 17.8 Å². The van der Waals surface area contributed by atoms with Crippen LogP contribution in [0.1, 0.15) is 29.3 Å². The fourth-order valence-corrected chi connectivity index (χ4v) is 3.32. The van der Waals surface area contributed by atoms with Crippen LogP contribution in [0, 0.1) is 6.92 Å². The van der Waals surface area contributed by atoms with Crippen molar-refractivity contribution in [1.29, 1.82) is 0 Å². The maximum Gasteiger partial charge on any atom is 0.315 e. The van der Waals surface area contributed by atoms with Gasteiger partial charge in [0.05, 0.1) is 11.4 Å². The number of amides is 2. The molecule has 2 aromatic carbocycles. The fraction of sp³-hybridized carbons (Fsp3) is 0.286. The zero-order valence-electron chi connectivity index (χ0n) is 14.8. The highest BCUT2D eigenvalue weighted by Crippen LogP contribution is 2.41. The van der Waals surface area contributed by atoms with Crippen molar-refractivity contribution in [3.05, 3.63) is 71.8 Å². The monoisotopic (exact) mass is 346 g/mol. The number of carbonyl (C=O) groups is 1. The van der Waals surface area contributed by atoms with Gasteiger partial charge in [0.2, 0.25) is 0 Å². The molecule has 3 aromatic rings. The average molecular weight is 346 g/mol. The van der Waals surface area contributed by atoms with Crippen LogP contribution in [0.3, 0.4) is 0 Å². The smallest absolute Gasteiger partial charge is 0.315 e. The van der Waals surface area contributed by atoms with Crippen LogP contribution in [0.15, 0.2) is 54.9 Å². The Morgan fingerprint density at radius 3 is 2.85 bits per heavy atom. The third-order valence-electron chi connectivity index (χ3n) is 4.78. The zero-order chi connectivity index (χ0) is 17.9. The van der Waals surface area contributed by atoms with E-state index < -0.39 is 0 Å². The SMILES string of the molecule is Cc1cncc(CCNC(=O)N[C@@H]2C[C@H]2c2ccc3ccccc3c2)n1. The lowest BCUT2D eigenvalue weighted by Crippen LogP contribution is -2.38. The summed E-state index contributed by atoms with van der Waals surface area (Å²) in [5, 5.41) is 8.47. The van der Waals surface area contributed by atoms with Gasteiger partial charge < -0.3 is 10.6 Å². The number of benzene rings is 2. The minimum absolute atomic E-state index is 0.112. The van der Waals surface area contributed by atoms with Crippen molar-refractivity contribution < 1.29 is 4.79 Å². The molecule has 0 bridgehead atoms. The summed E-state index contributed by atoms with van der Waals surface area (Å²) in [6.07, 6.45) is 5.14. The Labute approximate surface area is 152 Å². The van der Waals surface area contributed by atoms with Crippen molar-refractivity contribution in [3.8, 4) is 0 Å². The first kappa shape index (κ1) is 16.5. The molecule has 1 fully saturated rings. The van der Waals surface area contributed by atoms with Crippen molar-refractivity contribution in [2.24, 2.45) is 0 Å². The second-order valence-electron chi connectivity index (χ2n) is 6.86. The van der Waals surface area contributed by atoms with E-state index in [1.807, 2.05) is 6.92 Å². The van der Waals surface area contributed by atoms with Crippen LogP contribution in [0.25, 0.3) is 10.8 Å². The largest absolute Gasteiger partial charge is 0.338 e. The minimum Gasteiger partial charge on any atom is -0.338 e. The highest BCUT2D eigenvalue weighted by atomic mass is 16.2. The molecule has 0 radical (unpaired) electrons. The minimum atomic E-state index is -0.112. The van der Waals surface area contributed by atoms with E-state index in [4.69, 9.17) is 0 Å². The van der Waals surface area contributed by atoms with Crippen LogP contribution in [0.2, 0.25) is 0 Å². The van der Waals surface area contributed by atoms with Gasteiger partial charge in [-0.2, -0.15) is 0 Å². The Balaban J connectivity index is 1.26. The predicted molar refractivity (Wildman–Crippen MR) is 102 cm³/mol. The first-order valence-electron chi connectivity index (χ1n) is 8.99. The van der Waals surface area contributed by atoms with Gasteiger partial charge in [0.15, 0.2) is 0 Å². The Morgan fingerprint density at radius 2 is 2.00 bits per heavy atom. The van der Waals surface area contributed by atoms with Crippen LogP contribution in [-0.2, 0) is 6.42 Å². The number of fused-ring (bicyclic) bond motifs is 1. The lowest BCUT2D eigenvalue weighted by atomic mass is 10.0. The van der Waals surface area contributed by atoms with Crippen molar-refractivity contribution in [1.82, 2.24) is 20.6 Å². The molecule has 26 heavy (non-hydrogen) atoms. The molecule has 1 aliphatic rings. The first-order valence-corrected chi connectivity index (χ1v) is 8.99. The number of hydrogen-bond donors (Lipinski definition) is 2. The second-order valence-corrected chi connectivity index (χ2v) is 6.86. The third-order valence-corrected chi connectivity index (χ3v) is 4.78. The van der Waals surface area contributed by atoms with Crippen LogP contribution >= 0.6 is 0 Å². The number of aromatic nitrogens is 2. The number of nitrogens with one attached hydrogen (secondary N) is 2. The number of hydrogen-bond acceptors (Lipinski definition) is 3. The van der Waals surface area contributed by atoms with Gasteiger partial charge in [-0.05, 0) is 29.7 Å². The highest BCUT2D eigenvalue weighted by Gasteiger charge is 2.39. The van der Waals surface area contributed by atoms with Crippen molar-refractivity contribution in [2.45, 2.75) is 31.7 Å². The summed E-state index contributed by atoms with van der Waals surface area (Å²) in [6.45, 7) is 2.47. The number of aryl methyl sites for hydroxylation is 1. The molecule has 0 spiro atoms. The van der Waals surface area contributed by atoms with Gasteiger partial charge in [0.25, 0.3) is 0 Å². The normalized spacial score (nSPS) is 18.5. The molecular weight excluding hydrogens is 324 g/mol. The van der Waals surface area contributed by atoms with E-state index in [-0.39, 0.29) is 12.1 Å². The van der Waals surface area contributed by atoms with Gasteiger partial charge in [-0.3, -0.25) is 9.97 Å². The molecule has 2 atom stereocenters. The summed E-state index contributed by atoms with van der Waals surface area (Å²) in [5.74, 6) is 0.410. The van der Waals surface area contributed by atoms with Crippen LogP contribution in [0.5, 0.6) is 0 Å². The molecular formula is C21H22N4O. The summed E-state index contributed by atoms with van der Waals surface area (Å²) in [5.41, 5.74) is 3.08. The summed E-state index contributed by atoms with van der Waals surface area (Å²) in [4.78, 5) is 20.6. The second kappa shape index (κ2) is 7.12. The average Bonchev–Trinajstić information content (AvgIpc) is 3.40. The van der Waals surface area contributed by atoms with E-state index in [9.17, 15) is 4.79 Å². The fourth-order valence-electron chi connectivity index (χ4n) is 3.32. The predicted octanol–water partition coefficient (Wildman–Crippen LogP) is 3.34. The maximum atomic E-state index is 12.1. The van der Waals surface area contributed by atoms with Crippen molar-refractivity contribution in [3.63, 3.8) is 0 Å². The molecule has 1 saturated carbocycles. The number of urea groups is 1. The molecule has 2 amide bonds. The molecule has 0 unspecified atom stereocenters. The molecule has 0 aliphatic heterocycles. The summed E-state index contributed by atoms with van der Waals surface area (Å²) < 4.78 is 0. The Bertz CT molecular complexity index is 940. The lowest BCUT2D eigenvalue weighted by molar-refractivity contribution is 0.240. The molecule has 0 saturated heterocycles. The standard InChI is InChI=1S/C21H22N4O/c1-14-12-22-13-18(24-14)8-9-23-21(26)25-20-11-19(20)17-7-6-15-4-2-3-5-16(15)10-17/h2-7,10,12-13,19-20H,8-9,11H2,1H3,(H2,23,25,26)/t19-,20+/m0/s1. The molecule has 5 heteroatoms. The van der Waals surface area contributed by atoms with Gasteiger partial charge >= 0.3 is 6.03 Å². The molecule has 2 N–H and O–H groups in total. The van der Waals surface area contributed by atoms with E-state index in [2.05, 4.69) is 63.1 Å². The first-order chi connectivity index (χ1) is 12.7. The molecule has 1 aliphatic carbocycles. The number of rotatable bonds is 5. The summed E-state index contributed by atoms with van der Waals surface area (Å²) in [7, 11) is 0. The lowest BCUT2D eigenvalue weighted by Gasteiger charge is -2.08. The van der Waals surface area contributed by atoms with Gasteiger partial charge in [-0.15, -0.1) is 0 Å².